The van der Waals surface area contributed by atoms with Crippen molar-refractivity contribution in [3.05, 3.63) is 84.9 Å². The van der Waals surface area contributed by atoms with Crippen LogP contribution in [0.15, 0.2) is 79.1 Å². The number of fused-ring (bicyclic) bond motifs is 2. The quantitative estimate of drug-likeness (QED) is 0.349. The van der Waals surface area contributed by atoms with E-state index >= 15 is 0 Å². The van der Waals surface area contributed by atoms with Gasteiger partial charge in [0.15, 0.2) is 0 Å². The highest BCUT2D eigenvalue weighted by atomic mass is 19.1. The number of pyridine rings is 2. The molecule has 0 aliphatic heterocycles. The zero-order valence-corrected chi connectivity index (χ0v) is 16.8. The molecule has 0 saturated carbocycles. The lowest BCUT2D eigenvalue weighted by atomic mass is 10.0. The summed E-state index contributed by atoms with van der Waals surface area (Å²) in [6.45, 7) is 0. The van der Waals surface area contributed by atoms with Crippen LogP contribution in [0.3, 0.4) is 0 Å². The molecule has 0 atom stereocenters. The molecule has 0 unspecified atom stereocenters. The summed E-state index contributed by atoms with van der Waals surface area (Å²) in [4.78, 5) is 12.4. The molecule has 32 heavy (non-hydrogen) atoms. The number of rotatable bonds is 3. The maximum absolute atomic E-state index is 13.4. The van der Waals surface area contributed by atoms with Gasteiger partial charge in [0.1, 0.15) is 17.0 Å². The second-order valence-corrected chi connectivity index (χ2v) is 7.63. The number of nitrogens with one attached hydrogen (secondary N) is 2. The van der Waals surface area contributed by atoms with Crippen molar-refractivity contribution < 1.29 is 4.39 Å². The summed E-state index contributed by atoms with van der Waals surface area (Å²) in [5.41, 5.74) is 14.2. The lowest BCUT2D eigenvalue weighted by Gasteiger charge is -2.03. The Bertz CT molecular complexity index is 1600. The highest BCUT2D eigenvalue weighted by Gasteiger charge is 2.15. The smallest absolute Gasteiger partial charge is 0.135 e. The summed E-state index contributed by atoms with van der Waals surface area (Å²) in [6.07, 6.45) is 3.34. The van der Waals surface area contributed by atoms with Gasteiger partial charge in [-0.1, -0.05) is 24.3 Å². The van der Waals surface area contributed by atoms with Gasteiger partial charge in [-0.3, -0.25) is 10.1 Å². The van der Waals surface area contributed by atoms with E-state index < -0.39 is 0 Å². The topological polar surface area (TPSA) is 96.3 Å². The number of hydrogen-bond acceptors (Lipinski definition) is 4. The van der Waals surface area contributed by atoms with Gasteiger partial charge in [0.05, 0.1) is 22.6 Å². The van der Waals surface area contributed by atoms with E-state index in [-0.39, 0.29) is 5.82 Å². The standard InChI is InChI=1S/C25H17FN6/c26-16-6-4-14(5-7-16)18-2-1-3-21-19(18)11-23(29-21)25-24-22(31-32-25)9-8-20(30-24)15-10-17(27)13-28-12-15/h1-13,29H,27H2,(H,31,32). The normalized spacial score (nSPS) is 11.4. The van der Waals surface area contributed by atoms with Crippen LogP contribution in [0.2, 0.25) is 0 Å². The third-order valence-electron chi connectivity index (χ3n) is 5.54. The van der Waals surface area contributed by atoms with Gasteiger partial charge in [-0.2, -0.15) is 5.10 Å². The van der Waals surface area contributed by atoms with Crippen LogP contribution >= 0.6 is 0 Å². The van der Waals surface area contributed by atoms with E-state index in [1.165, 1.54) is 12.1 Å². The van der Waals surface area contributed by atoms with Gasteiger partial charge in [-0.25, -0.2) is 9.37 Å². The molecule has 6 aromatic rings. The van der Waals surface area contributed by atoms with E-state index in [0.29, 0.717) is 5.69 Å². The molecule has 4 heterocycles. The fourth-order valence-electron chi connectivity index (χ4n) is 4.01. The zero-order valence-electron chi connectivity index (χ0n) is 16.8. The molecule has 2 aromatic carbocycles. The average molecular weight is 420 g/mol. The van der Waals surface area contributed by atoms with Crippen LogP contribution in [0, 0.1) is 5.82 Å². The van der Waals surface area contributed by atoms with Crippen LogP contribution in [-0.4, -0.2) is 25.1 Å². The fraction of sp³-hybridized carbons (Fsp3) is 0. The minimum absolute atomic E-state index is 0.254. The third-order valence-corrected chi connectivity index (χ3v) is 5.54. The molecule has 0 spiro atoms. The summed E-state index contributed by atoms with van der Waals surface area (Å²) in [5, 5.41) is 8.61. The maximum atomic E-state index is 13.4. The van der Waals surface area contributed by atoms with E-state index in [1.54, 1.807) is 24.5 Å². The molecule has 4 aromatic heterocycles. The maximum Gasteiger partial charge on any atom is 0.135 e. The lowest BCUT2D eigenvalue weighted by Crippen LogP contribution is -1.90. The molecule has 4 N–H and O–H groups in total. The Morgan fingerprint density at radius 1 is 0.844 bits per heavy atom. The fourth-order valence-corrected chi connectivity index (χ4v) is 4.01. The molecule has 0 radical (unpaired) electrons. The van der Waals surface area contributed by atoms with Crippen molar-refractivity contribution in [2.45, 2.75) is 0 Å². The van der Waals surface area contributed by atoms with E-state index in [2.05, 4.69) is 26.2 Å². The Morgan fingerprint density at radius 2 is 1.72 bits per heavy atom. The Labute approximate surface area is 182 Å². The number of nitrogens with two attached hydrogens (primary N) is 1. The van der Waals surface area contributed by atoms with Crippen molar-refractivity contribution >= 4 is 27.6 Å². The van der Waals surface area contributed by atoms with Crippen molar-refractivity contribution in [2.24, 2.45) is 0 Å². The molecule has 6 nitrogen and oxygen atoms in total. The van der Waals surface area contributed by atoms with Gasteiger partial charge in [0, 0.05) is 28.9 Å². The van der Waals surface area contributed by atoms with Gasteiger partial charge < -0.3 is 10.7 Å². The summed E-state index contributed by atoms with van der Waals surface area (Å²) in [7, 11) is 0. The van der Waals surface area contributed by atoms with Crippen molar-refractivity contribution in [1.82, 2.24) is 25.1 Å². The first-order chi connectivity index (χ1) is 15.7. The van der Waals surface area contributed by atoms with Gasteiger partial charge >= 0.3 is 0 Å². The van der Waals surface area contributed by atoms with Crippen LogP contribution in [0.4, 0.5) is 10.1 Å². The van der Waals surface area contributed by atoms with Crippen molar-refractivity contribution in [1.29, 1.82) is 0 Å². The summed E-state index contributed by atoms with van der Waals surface area (Å²) < 4.78 is 13.4. The van der Waals surface area contributed by atoms with Crippen molar-refractivity contribution in [3.63, 3.8) is 0 Å². The predicted octanol–water partition coefficient (Wildman–Crippen LogP) is 5.56. The van der Waals surface area contributed by atoms with Crippen molar-refractivity contribution in [3.8, 4) is 33.8 Å². The molecule has 154 valence electrons. The van der Waals surface area contributed by atoms with Crippen molar-refractivity contribution in [2.75, 3.05) is 5.73 Å². The van der Waals surface area contributed by atoms with E-state index in [4.69, 9.17) is 10.7 Å². The Morgan fingerprint density at radius 3 is 2.56 bits per heavy atom. The third kappa shape index (κ3) is 2.99. The van der Waals surface area contributed by atoms with Gasteiger partial charge in [-0.05, 0) is 53.6 Å². The number of anilines is 1. The molecule has 0 bridgehead atoms. The Hall–Kier alpha value is -4.52. The number of halogens is 1. The van der Waals surface area contributed by atoms with Crippen LogP contribution in [-0.2, 0) is 0 Å². The monoisotopic (exact) mass is 420 g/mol. The van der Waals surface area contributed by atoms with E-state index in [0.717, 1.165) is 55.7 Å². The van der Waals surface area contributed by atoms with Crippen LogP contribution in [0.1, 0.15) is 0 Å². The number of hydrogen-bond donors (Lipinski definition) is 3. The second-order valence-electron chi connectivity index (χ2n) is 7.63. The van der Waals surface area contributed by atoms with Gasteiger partial charge in [0.25, 0.3) is 0 Å². The number of H-pyrrole nitrogens is 2. The molecule has 0 amide bonds. The summed E-state index contributed by atoms with van der Waals surface area (Å²) in [6, 6.07) is 20.3. The van der Waals surface area contributed by atoms with Gasteiger partial charge in [0.2, 0.25) is 0 Å². The minimum Gasteiger partial charge on any atom is -0.397 e. The SMILES string of the molecule is Nc1cncc(-c2ccc3[nH]nc(-c4cc5c(-c6ccc(F)cc6)cccc5[nH]4)c3n2)c1. The predicted molar refractivity (Wildman–Crippen MR) is 124 cm³/mol. The molecule has 0 aliphatic rings. The number of aromatic amines is 2. The average Bonchev–Trinajstić information content (AvgIpc) is 3.43. The molecule has 7 heteroatoms. The minimum atomic E-state index is -0.254. The van der Waals surface area contributed by atoms with Crippen LogP contribution in [0.5, 0.6) is 0 Å². The molecule has 6 rings (SSSR count). The summed E-state index contributed by atoms with van der Waals surface area (Å²) >= 11 is 0. The highest BCUT2D eigenvalue weighted by molar-refractivity contribution is 6.00. The molecule has 0 fully saturated rings. The van der Waals surface area contributed by atoms with Crippen LogP contribution in [0.25, 0.3) is 55.7 Å². The Kier molecular flexibility index (Phi) is 4.01. The van der Waals surface area contributed by atoms with Gasteiger partial charge in [-0.15, -0.1) is 0 Å². The molecular formula is C25H17FN6. The van der Waals surface area contributed by atoms with Crippen LogP contribution < -0.4 is 5.73 Å². The van der Waals surface area contributed by atoms with E-state index in [9.17, 15) is 4.39 Å². The zero-order chi connectivity index (χ0) is 21.7. The number of benzene rings is 2. The lowest BCUT2D eigenvalue weighted by molar-refractivity contribution is 0.628. The largest absolute Gasteiger partial charge is 0.397 e. The molecular weight excluding hydrogens is 403 g/mol. The number of aromatic nitrogens is 5. The summed E-state index contributed by atoms with van der Waals surface area (Å²) in [5.74, 6) is -0.254. The number of nitrogens with zero attached hydrogens (tertiary/aromatic N) is 3. The molecule has 0 aliphatic carbocycles. The molecule has 0 saturated heterocycles. The first kappa shape index (κ1) is 18.3. The van der Waals surface area contributed by atoms with E-state index in [1.807, 2.05) is 36.4 Å². The Balaban J connectivity index is 1.50. The first-order valence-corrected chi connectivity index (χ1v) is 10.1. The highest BCUT2D eigenvalue weighted by Crippen LogP contribution is 2.34. The number of nitrogen functional groups attached to an aromatic ring is 1. The second kappa shape index (κ2) is 7.02. The first-order valence-electron chi connectivity index (χ1n) is 10.1.